The number of rotatable bonds is 8. The predicted molar refractivity (Wildman–Crippen MR) is 136 cm³/mol. The Labute approximate surface area is 208 Å². The van der Waals surface area contributed by atoms with Crippen LogP contribution in [-0.4, -0.2) is 64.6 Å². The van der Waals surface area contributed by atoms with Gasteiger partial charge in [-0.1, -0.05) is 48.2 Å². The molecule has 1 aliphatic heterocycles. The molecule has 0 unspecified atom stereocenters. The lowest BCUT2D eigenvalue weighted by molar-refractivity contribution is -0.128. The Morgan fingerprint density at radius 1 is 1.00 bits per heavy atom. The van der Waals surface area contributed by atoms with Gasteiger partial charge in [-0.2, -0.15) is 0 Å². The Morgan fingerprint density at radius 2 is 1.83 bits per heavy atom. The van der Waals surface area contributed by atoms with Crippen molar-refractivity contribution in [2.75, 3.05) is 43.9 Å². The third kappa shape index (κ3) is 5.35. The highest BCUT2D eigenvalue weighted by molar-refractivity contribution is 7.99. The van der Waals surface area contributed by atoms with E-state index in [1.807, 2.05) is 58.0 Å². The largest absolute Gasteiger partial charge is 0.497 e. The molecule has 35 heavy (non-hydrogen) atoms. The van der Waals surface area contributed by atoms with Gasteiger partial charge < -0.3 is 19.0 Å². The zero-order valence-corrected chi connectivity index (χ0v) is 20.4. The van der Waals surface area contributed by atoms with Crippen LogP contribution in [-0.2, 0) is 11.3 Å². The number of benzene rings is 2. The summed E-state index contributed by atoms with van der Waals surface area (Å²) in [5, 5.41) is 9.44. The van der Waals surface area contributed by atoms with Gasteiger partial charge in [-0.3, -0.25) is 9.36 Å². The molecular formula is C26H27N5O3S. The molecule has 3 heterocycles. The minimum absolute atomic E-state index is 0.106. The summed E-state index contributed by atoms with van der Waals surface area (Å²) in [6.07, 6.45) is 1.62. The predicted octanol–water partition coefficient (Wildman–Crippen LogP) is 4.04. The molecule has 8 nitrogen and oxygen atoms in total. The molecular weight excluding hydrogens is 462 g/mol. The number of methoxy groups -OCH3 is 1. The lowest BCUT2D eigenvalue weighted by Crippen LogP contribution is -2.49. The number of hydrogen-bond donors (Lipinski definition) is 0. The number of furan rings is 1. The fourth-order valence-corrected chi connectivity index (χ4v) is 4.97. The molecule has 4 aromatic rings. The minimum atomic E-state index is 0.106. The number of thioether (sulfide) groups is 1. The van der Waals surface area contributed by atoms with Crippen molar-refractivity contribution in [2.24, 2.45) is 0 Å². The molecule has 0 radical (unpaired) electrons. The van der Waals surface area contributed by atoms with Gasteiger partial charge in [0.2, 0.25) is 11.7 Å². The molecule has 2 aromatic carbocycles. The first-order chi connectivity index (χ1) is 17.2. The highest BCUT2D eigenvalue weighted by atomic mass is 32.2. The average molecular weight is 490 g/mol. The molecule has 0 saturated carbocycles. The molecule has 5 rings (SSSR count). The summed E-state index contributed by atoms with van der Waals surface area (Å²) in [5.41, 5.74) is 2.24. The molecule has 2 aromatic heterocycles. The zero-order valence-electron chi connectivity index (χ0n) is 19.5. The molecule has 0 aliphatic carbocycles. The Kier molecular flexibility index (Phi) is 7.04. The summed E-state index contributed by atoms with van der Waals surface area (Å²) in [6.45, 7) is 3.54. The highest BCUT2D eigenvalue weighted by Crippen LogP contribution is 2.26. The van der Waals surface area contributed by atoms with E-state index in [-0.39, 0.29) is 5.91 Å². The molecule has 180 valence electrons. The van der Waals surface area contributed by atoms with Crippen molar-refractivity contribution >= 4 is 23.4 Å². The summed E-state index contributed by atoms with van der Waals surface area (Å²) in [7, 11) is 1.67. The van der Waals surface area contributed by atoms with E-state index in [2.05, 4.69) is 33.3 Å². The smallest absolute Gasteiger partial charge is 0.233 e. The minimum Gasteiger partial charge on any atom is -0.497 e. The van der Waals surface area contributed by atoms with Crippen LogP contribution in [0.3, 0.4) is 0 Å². The number of aromatic nitrogens is 3. The first-order valence-electron chi connectivity index (χ1n) is 11.5. The van der Waals surface area contributed by atoms with Crippen LogP contribution < -0.4 is 9.64 Å². The molecule has 9 heteroatoms. The third-order valence-corrected chi connectivity index (χ3v) is 6.97. The van der Waals surface area contributed by atoms with Gasteiger partial charge in [-0.25, -0.2) is 0 Å². The van der Waals surface area contributed by atoms with Crippen molar-refractivity contribution in [2.45, 2.75) is 11.7 Å². The first-order valence-corrected chi connectivity index (χ1v) is 12.5. The summed E-state index contributed by atoms with van der Waals surface area (Å²) < 4.78 is 12.9. The quantitative estimate of drug-likeness (QED) is 0.346. The number of carbonyl (C=O) groups excluding carboxylic acids is 1. The summed E-state index contributed by atoms with van der Waals surface area (Å²) in [4.78, 5) is 17.2. The van der Waals surface area contributed by atoms with Crippen molar-refractivity contribution in [3.05, 3.63) is 78.6 Å². The van der Waals surface area contributed by atoms with Gasteiger partial charge >= 0.3 is 0 Å². The molecule has 0 spiro atoms. The Bertz CT molecular complexity index is 1250. The SMILES string of the molecule is COc1cccc(N2CCN(C(=O)CSc3nnc(-c4ccco4)n3Cc3ccccc3)CC2)c1. The number of anilines is 1. The second-order valence-electron chi connectivity index (χ2n) is 8.21. The Balaban J connectivity index is 1.23. The normalized spacial score (nSPS) is 13.7. The van der Waals surface area contributed by atoms with Crippen LogP contribution in [0.4, 0.5) is 5.69 Å². The van der Waals surface area contributed by atoms with Crippen LogP contribution in [0.1, 0.15) is 5.56 Å². The summed E-state index contributed by atoms with van der Waals surface area (Å²) >= 11 is 1.41. The van der Waals surface area contributed by atoms with Gasteiger partial charge in [0.1, 0.15) is 5.75 Å². The maximum Gasteiger partial charge on any atom is 0.233 e. The first kappa shape index (κ1) is 23.0. The van der Waals surface area contributed by atoms with Crippen LogP contribution in [0.15, 0.2) is 82.6 Å². The van der Waals surface area contributed by atoms with Crippen molar-refractivity contribution in [1.29, 1.82) is 0 Å². The van der Waals surface area contributed by atoms with E-state index in [9.17, 15) is 4.79 Å². The molecule has 1 amide bonds. The molecule has 1 aliphatic rings. The number of ether oxygens (including phenoxy) is 1. The number of hydrogen-bond acceptors (Lipinski definition) is 7. The molecule has 1 saturated heterocycles. The van der Waals surface area contributed by atoms with Gasteiger partial charge in [0, 0.05) is 37.9 Å². The standard InChI is InChI=1S/C26H27N5O3S/c1-33-22-10-5-9-21(17-22)29-12-14-30(15-13-29)24(32)19-35-26-28-27-25(23-11-6-16-34-23)31(26)18-20-7-3-2-4-8-20/h2-11,16-17H,12-15,18-19H2,1H3. The van der Waals surface area contributed by atoms with E-state index in [0.29, 0.717) is 42.1 Å². The maximum atomic E-state index is 13.0. The van der Waals surface area contributed by atoms with Crippen LogP contribution in [0.25, 0.3) is 11.6 Å². The monoisotopic (exact) mass is 489 g/mol. The van der Waals surface area contributed by atoms with Crippen molar-refractivity contribution in [3.63, 3.8) is 0 Å². The number of nitrogens with zero attached hydrogens (tertiary/aromatic N) is 5. The highest BCUT2D eigenvalue weighted by Gasteiger charge is 2.23. The molecule has 0 N–H and O–H groups in total. The van der Waals surface area contributed by atoms with Crippen LogP contribution in [0.2, 0.25) is 0 Å². The Hall–Kier alpha value is -3.72. The van der Waals surface area contributed by atoms with Gasteiger partial charge in [-0.05, 0) is 29.8 Å². The van der Waals surface area contributed by atoms with Crippen LogP contribution >= 0.6 is 11.8 Å². The zero-order chi connectivity index (χ0) is 24.0. The average Bonchev–Trinajstić information content (AvgIpc) is 3.58. The van der Waals surface area contributed by atoms with Gasteiger partial charge in [0.25, 0.3) is 0 Å². The Morgan fingerprint density at radius 3 is 2.57 bits per heavy atom. The van der Waals surface area contributed by atoms with Crippen LogP contribution in [0.5, 0.6) is 5.75 Å². The fraction of sp³-hybridized carbons (Fsp3) is 0.269. The van der Waals surface area contributed by atoms with Crippen molar-refractivity contribution < 1.29 is 13.9 Å². The second kappa shape index (κ2) is 10.7. The maximum absolute atomic E-state index is 13.0. The van der Waals surface area contributed by atoms with Crippen molar-refractivity contribution in [1.82, 2.24) is 19.7 Å². The molecule has 0 bridgehead atoms. The number of piperazine rings is 1. The van der Waals surface area contributed by atoms with Crippen molar-refractivity contribution in [3.8, 4) is 17.3 Å². The van der Waals surface area contributed by atoms with E-state index in [1.165, 1.54) is 11.8 Å². The van der Waals surface area contributed by atoms with Gasteiger partial charge in [0.05, 0.1) is 25.7 Å². The van der Waals surface area contributed by atoms with Gasteiger partial charge in [-0.15, -0.1) is 10.2 Å². The van der Waals surface area contributed by atoms with E-state index < -0.39 is 0 Å². The van der Waals surface area contributed by atoms with E-state index in [4.69, 9.17) is 9.15 Å². The van der Waals surface area contributed by atoms with Gasteiger partial charge in [0.15, 0.2) is 10.9 Å². The third-order valence-electron chi connectivity index (χ3n) is 6.02. The fourth-order valence-electron chi connectivity index (χ4n) is 4.13. The summed E-state index contributed by atoms with van der Waals surface area (Å²) in [5.74, 6) is 2.56. The van der Waals surface area contributed by atoms with E-state index in [0.717, 1.165) is 30.1 Å². The molecule has 1 fully saturated rings. The van der Waals surface area contributed by atoms with Crippen LogP contribution in [0, 0.1) is 0 Å². The topological polar surface area (TPSA) is 76.6 Å². The van der Waals surface area contributed by atoms with E-state index >= 15 is 0 Å². The lowest BCUT2D eigenvalue weighted by Gasteiger charge is -2.36. The number of amides is 1. The lowest BCUT2D eigenvalue weighted by atomic mass is 10.2. The number of carbonyl (C=O) groups is 1. The molecule has 0 atom stereocenters. The van der Waals surface area contributed by atoms with E-state index in [1.54, 1.807) is 13.4 Å². The second-order valence-corrected chi connectivity index (χ2v) is 9.16. The summed E-state index contributed by atoms with van der Waals surface area (Å²) in [6, 6.07) is 21.9.